The lowest BCUT2D eigenvalue weighted by Crippen LogP contribution is -2.44. The van der Waals surface area contributed by atoms with Crippen molar-refractivity contribution in [2.45, 2.75) is 48.8 Å². The Hall–Kier alpha value is -1.18. The van der Waals surface area contributed by atoms with Crippen molar-refractivity contribution in [3.8, 4) is 0 Å². The Kier molecular flexibility index (Phi) is 3.22. The number of nitrogens with zero attached hydrogens (tertiary/aromatic N) is 2. The van der Waals surface area contributed by atoms with Crippen LogP contribution in [-0.4, -0.2) is 43.0 Å². The molecule has 1 aromatic carbocycles. The van der Waals surface area contributed by atoms with Crippen molar-refractivity contribution in [2.24, 2.45) is 0 Å². The number of hydrogen-bond acceptors (Lipinski definition) is 6. The summed E-state index contributed by atoms with van der Waals surface area (Å²) in [5.41, 5.74) is 0.579. The second-order valence-electron chi connectivity index (χ2n) is 6.29. The number of sulfone groups is 1. The predicted molar refractivity (Wildman–Crippen MR) is 87.3 cm³/mol. The fraction of sp³-hybridized carbons (Fsp3) is 0.533. The van der Waals surface area contributed by atoms with E-state index in [1.807, 2.05) is 6.07 Å². The lowest BCUT2D eigenvalue weighted by molar-refractivity contribution is 0.126. The molecule has 2 unspecified atom stereocenters. The summed E-state index contributed by atoms with van der Waals surface area (Å²) in [5, 5.41) is 10.8. The van der Waals surface area contributed by atoms with Crippen LogP contribution in [0, 0.1) is 0 Å². The number of piperidine rings is 1. The minimum Gasteiger partial charge on any atom is -0.393 e. The highest BCUT2D eigenvalue weighted by Gasteiger charge is 2.41. The first-order valence-electron chi connectivity index (χ1n) is 7.49. The van der Waals surface area contributed by atoms with Gasteiger partial charge in [-0.2, -0.15) is 0 Å². The predicted octanol–water partition coefficient (Wildman–Crippen LogP) is 2.19. The molecule has 2 aliphatic rings. The molecule has 5 nitrogen and oxygen atoms in total. The molecule has 2 saturated heterocycles. The zero-order valence-electron chi connectivity index (χ0n) is 12.3. The summed E-state index contributed by atoms with van der Waals surface area (Å²) in [6.45, 7) is 0. The van der Waals surface area contributed by atoms with Gasteiger partial charge in [-0.25, -0.2) is 13.4 Å². The molecule has 0 saturated carbocycles. The van der Waals surface area contributed by atoms with Gasteiger partial charge in [-0.1, -0.05) is 17.4 Å². The summed E-state index contributed by atoms with van der Waals surface area (Å²) in [5.74, 6) is 0. The first-order valence-corrected chi connectivity index (χ1v) is 10.2. The number of aliphatic hydroxyl groups excluding tert-OH is 1. The molecule has 2 aliphatic heterocycles. The van der Waals surface area contributed by atoms with Gasteiger partial charge in [0.25, 0.3) is 0 Å². The van der Waals surface area contributed by atoms with Crippen molar-refractivity contribution >= 4 is 36.5 Å². The molecule has 0 aliphatic carbocycles. The van der Waals surface area contributed by atoms with E-state index >= 15 is 0 Å². The second kappa shape index (κ2) is 4.91. The van der Waals surface area contributed by atoms with Crippen LogP contribution in [0.25, 0.3) is 10.2 Å². The first kappa shape index (κ1) is 14.4. The zero-order valence-corrected chi connectivity index (χ0v) is 13.9. The van der Waals surface area contributed by atoms with Crippen molar-refractivity contribution < 1.29 is 13.5 Å². The van der Waals surface area contributed by atoms with Gasteiger partial charge in [-0.15, -0.1) is 0 Å². The Morgan fingerprint density at radius 2 is 1.95 bits per heavy atom. The van der Waals surface area contributed by atoms with Crippen LogP contribution in [0.5, 0.6) is 0 Å². The molecule has 4 rings (SSSR count). The van der Waals surface area contributed by atoms with E-state index < -0.39 is 9.84 Å². The summed E-state index contributed by atoms with van der Waals surface area (Å²) in [7, 11) is -3.28. The van der Waals surface area contributed by atoms with Gasteiger partial charge in [0.05, 0.1) is 15.7 Å². The Labute approximate surface area is 133 Å². The Morgan fingerprint density at radius 3 is 2.59 bits per heavy atom. The van der Waals surface area contributed by atoms with Crippen molar-refractivity contribution in [1.82, 2.24) is 4.98 Å². The molecule has 0 spiro atoms. The highest BCUT2D eigenvalue weighted by molar-refractivity contribution is 7.91. The normalized spacial score (nSPS) is 28.5. The number of benzene rings is 1. The summed E-state index contributed by atoms with van der Waals surface area (Å²) in [4.78, 5) is 7.26. The molecule has 2 bridgehead atoms. The molecular weight excluding hydrogens is 320 g/mol. The number of hydrogen-bond donors (Lipinski definition) is 1. The van der Waals surface area contributed by atoms with E-state index in [2.05, 4.69) is 9.88 Å². The molecule has 2 fully saturated rings. The number of para-hydroxylation sites is 1. The Balaban J connectivity index is 1.81. The highest BCUT2D eigenvalue weighted by Crippen LogP contribution is 2.42. The van der Waals surface area contributed by atoms with E-state index in [4.69, 9.17) is 0 Å². The van der Waals surface area contributed by atoms with Crippen molar-refractivity contribution in [3.63, 3.8) is 0 Å². The first-order chi connectivity index (χ1) is 10.4. The maximum Gasteiger partial charge on any atom is 0.186 e. The lowest BCUT2D eigenvalue weighted by atomic mass is 10.0. The van der Waals surface area contributed by atoms with Crippen molar-refractivity contribution in [1.29, 1.82) is 0 Å². The monoisotopic (exact) mass is 338 g/mol. The minimum atomic E-state index is -3.28. The molecule has 0 radical (unpaired) electrons. The minimum absolute atomic E-state index is 0.213. The summed E-state index contributed by atoms with van der Waals surface area (Å²) in [6, 6.07) is 5.98. The fourth-order valence-electron chi connectivity index (χ4n) is 3.78. The lowest BCUT2D eigenvalue weighted by Gasteiger charge is -2.36. The summed E-state index contributed by atoms with van der Waals surface area (Å²) < 4.78 is 24.8. The van der Waals surface area contributed by atoms with Crippen LogP contribution in [0.3, 0.4) is 0 Å². The fourth-order valence-corrected chi connectivity index (χ4v) is 5.82. The standard InChI is InChI=1S/C15H18N2O3S2/c1-22(19,20)13-4-2-3-12-14(13)16-15(21-12)17-9-5-6-10(17)8-11(18)7-9/h2-4,9-11,18H,5-8H2,1H3. The van der Waals surface area contributed by atoms with Crippen LogP contribution in [-0.2, 0) is 9.84 Å². The van der Waals surface area contributed by atoms with E-state index in [1.54, 1.807) is 23.5 Å². The molecule has 1 N–H and O–H groups in total. The number of anilines is 1. The second-order valence-corrected chi connectivity index (χ2v) is 9.28. The Morgan fingerprint density at radius 1 is 1.27 bits per heavy atom. The molecule has 0 amide bonds. The molecule has 2 atom stereocenters. The van der Waals surface area contributed by atoms with E-state index in [0.29, 0.717) is 22.5 Å². The molecular formula is C15H18N2O3S2. The number of aliphatic hydroxyl groups is 1. The smallest absolute Gasteiger partial charge is 0.186 e. The maximum absolute atomic E-state index is 11.9. The van der Waals surface area contributed by atoms with Crippen molar-refractivity contribution in [2.75, 3.05) is 11.2 Å². The molecule has 118 valence electrons. The molecule has 1 aromatic heterocycles. The summed E-state index contributed by atoms with van der Waals surface area (Å²) in [6.07, 6.45) is 4.74. The van der Waals surface area contributed by atoms with E-state index in [0.717, 1.165) is 35.5 Å². The van der Waals surface area contributed by atoms with Gasteiger partial charge in [-0.3, -0.25) is 0 Å². The largest absolute Gasteiger partial charge is 0.393 e. The average molecular weight is 338 g/mol. The van der Waals surface area contributed by atoms with Crippen LogP contribution >= 0.6 is 11.3 Å². The number of thiazole rings is 1. The molecule has 7 heteroatoms. The van der Waals surface area contributed by atoms with Gasteiger partial charge in [0.1, 0.15) is 5.52 Å². The summed E-state index contributed by atoms with van der Waals surface area (Å²) >= 11 is 1.55. The zero-order chi connectivity index (χ0) is 15.5. The van der Waals surface area contributed by atoms with Crippen LogP contribution in [0.15, 0.2) is 23.1 Å². The number of rotatable bonds is 2. The van der Waals surface area contributed by atoms with Crippen molar-refractivity contribution in [3.05, 3.63) is 18.2 Å². The number of aromatic nitrogens is 1. The van der Waals surface area contributed by atoms with Crippen LogP contribution in [0.4, 0.5) is 5.13 Å². The third-order valence-electron chi connectivity index (χ3n) is 4.70. The van der Waals surface area contributed by atoms with Gasteiger partial charge in [0.15, 0.2) is 15.0 Å². The van der Waals surface area contributed by atoms with Gasteiger partial charge in [0.2, 0.25) is 0 Å². The van der Waals surface area contributed by atoms with Gasteiger partial charge in [-0.05, 0) is 37.8 Å². The van der Waals surface area contributed by atoms with Gasteiger partial charge < -0.3 is 10.0 Å². The topological polar surface area (TPSA) is 70.5 Å². The third-order valence-corrected chi connectivity index (χ3v) is 6.86. The Bertz CT molecular complexity index is 816. The van der Waals surface area contributed by atoms with Gasteiger partial charge >= 0.3 is 0 Å². The molecule has 3 heterocycles. The maximum atomic E-state index is 11.9. The quantitative estimate of drug-likeness (QED) is 0.909. The van der Waals surface area contributed by atoms with Crippen LogP contribution in [0.1, 0.15) is 25.7 Å². The van der Waals surface area contributed by atoms with Crippen LogP contribution in [0.2, 0.25) is 0 Å². The number of fused-ring (bicyclic) bond motifs is 3. The molecule has 22 heavy (non-hydrogen) atoms. The van der Waals surface area contributed by atoms with E-state index in [9.17, 15) is 13.5 Å². The SMILES string of the molecule is CS(=O)(=O)c1cccc2sc(N3C4CCC3CC(O)C4)nc12. The molecule has 2 aromatic rings. The van der Waals surface area contributed by atoms with Crippen LogP contribution < -0.4 is 4.90 Å². The average Bonchev–Trinajstić information content (AvgIpc) is 2.96. The van der Waals surface area contributed by atoms with E-state index in [-0.39, 0.29) is 6.10 Å². The van der Waals surface area contributed by atoms with E-state index in [1.165, 1.54) is 6.26 Å². The highest BCUT2D eigenvalue weighted by atomic mass is 32.2. The third kappa shape index (κ3) is 2.23. The van der Waals surface area contributed by atoms with Gasteiger partial charge in [0, 0.05) is 18.3 Å².